The summed E-state index contributed by atoms with van der Waals surface area (Å²) in [7, 11) is 0. The minimum absolute atomic E-state index is 0.561. The molecule has 1 aliphatic carbocycles. The third-order valence-corrected chi connectivity index (χ3v) is 4.47. The lowest BCUT2D eigenvalue weighted by molar-refractivity contribution is 0.340. The van der Waals surface area contributed by atoms with Crippen molar-refractivity contribution < 1.29 is 4.74 Å². The van der Waals surface area contributed by atoms with Crippen LogP contribution in [0, 0.1) is 0 Å². The van der Waals surface area contributed by atoms with E-state index in [1.54, 1.807) is 0 Å². The lowest BCUT2D eigenvalue weighted by Crippen LogP contribution is -2.33. The highest BCUT2D eigenvalue weighted by Crippen LogP contribution is 2.39. The summed E-state index contributed by atoms with van der Waals surface area (Å²) in [5.74, 6) is 1.61. The molecule has 0 atom stereocenters. The maximum atomic E-state index is 5.54. The van der Waals surface area contributed by atoms with Crippen LogP contribution in [0.2, 0.25) is 0 Å². The van der Waals surface area contributed by atoms with Crippen LogP contribution in [0.15, 0.2) is 53.0 Å². The molecule has 110 valence electrons. The molecular formula is C18H20BrNO. The Morgan fingerprint density at radius 1 is 1.14 bits per heavy atom. The molecule has 2 aromatic carbocycles. The Bertz CT molecular complexity index is 608. The monoisotopic (exact) mass is 345 g/mol. The number of halogens is 1. The van der Waals surface area contributed by atoms with Gasteiger partial charge in [0.2, 0.25) is 0 Å². The first-order valence-electron chi connectivity index (χ1n) is 7.49. The van der Waals surface area contributed by atoms with Crippen molar-refractivity contribution >= 4 is 21.6 Å². The molecule has 0 unspecified atom stereocenters. The quantitative estimate of drug-likeness (QED) is 0.803. The van der Waals surface area contributed by atoms with Crippen molar-refractivity contribution in [3.05, 3.63) is 58.6 Å². The van der Waals surface area contributed by atoms with E-state index in [1.807, 2.05) is 19.1 Å². The van der Waals surface area contributed by atoms with E-state index in [1.165, 1.54) is 22.9 Å². The maximum absolute atomic E-state index is 5.54. The molecule has 2 nitrogen and oxygen atoms in total. The standard InChI is InChI=1S/C18H20BrNO/c1-2-21-18-8-4-7-16(12-18)20-17-10-14(11-17)13-5-3-6-15(19)9-13/h3-9,12,14,17,20H,2,10-11H2,1H3. The van der Waals surface area contributed by atoms with Gasteiger partial charge in [0, 0.05) is 22.3 Å². The van der Waals surface area contributed by atoms with E-state index >= 15 is 0 Å². The van der Waals surface area contributed by atoms with Gasteiger partial charge in [0.05, 0.1) is 6.61 Å². The Hall–Kier alpha value is -1.48. The normalized spacial score (nSPS) is 20.7. The smallest absolute Gasteiger partial charge is 0.121 e. The van der Waals surface area contributed by atoms with E-state index in [9.17, 15) is 0 Å². The molecule has 0 saturated heterocycles. The van der Waals surface area contributed by atoms with E-state index in [0.717, 1.165) is 11.4 Å². The van der Waals surface area contributed by atoms with Gasteiger partial charge in [-0.3, -0.25) is 0 Å². The second kappa shape index (κ2) is 6.52. The van der Waals surface area contributed by atoms with Crippen LogP contribution in [0.3, 0.4) is 0 Å². The Balaban J connectivity index is 1.56. The van der Waals surface area contributed by atoms with E-state index in [0.29, 0.717) is 18.6 Å². The predicted molar refractivity (Wildman–Crippen MR) is 91.1 cm³/mol. The lowest BCUT2D eigenvalue weighted by Gasteiger charge is -2.37. The highest BCUT2D eigenvalue weighted by molar-refractivity contribution is 9.10. The molecule has 1 aliphatic rings. The summed E-state index contributed by atoms with van der Waals surface area (Å²) in [5.41, 5.74) is 2.59. The van der Waals surface area contributed by atoms with Crippen molar-refractivity contribution in [2.24, 2.45) is 0 Å². The van der Waals surface area contributed by atoms with Crippen LogP contribution >= 0.6 is 15.9 Å². The third kappa shape index (κ3) is 3.59. The number of ether oxygens (including phenoxy) is 1. The van der Waals surface area contributed by atoms with Crippen molar-refractivity contribution in [1.29, 1.82) is 0 Å². The van der Waals surface area contributed by atoms with Gasteiger partial charge in [0.15, 0.2) is 0 Å². The number of anilines is 1. The summed E-state index contributed by atoms with van der Waals surface area (Å²) in [6.07, 6.45) is 2.38. The van der Waals surface area contributed by atoms with E-state index < -0.39 is 0 Å². The average molecular weight is 346 g/mol. The molecule has 0 spiro atoms. The first kappa shape index (κ1) is 14.5. The minimum Gasteiger partial charge on any atom is -0.494 e. The van der Waals surface area contributed by atoms with E-state index in [4.69, 9.17) is 4.74 Å². The van der Waals surface area contributed by atoms with Gasteiger partial charge >= 0.3 is 0 Å². The molecule has 3 heteroatoms. The molecule has 2 aromatic rings. The van der Waals surface area contributed by atoms with Gasteiger partial charge in [-0.2, -0.15) is 0 Å². The van der Waals surface area contributed by atoms with Crippen LogP contribution in [-0.2, 0) is 0 Å². The largest absolute Gasteiger partial charge is 0.494 e. The zero-order valence-corrected chi connectivity index (χ0v) is 13.8. The maximum Gasteiger partial charge on any atom is 0.121 e. The van der Waals surface area contributed by atoms with Crippen LogP contribution in [0.1, 0.15) is 31.2 Å². The lowest BCUT2D eigenvalue weighted by atomic mass is 9.76. The zero-order valence-electron chi connectivity index (χ0n) is 12.2. The molecule has 1 N–H and O–H groups in total. The van der Waals surface area contributed by atoms with Crippen molar-refractivity contribution in [1.82, 2.24) is 0 Å². The number of rotatable bonds is 5. The van der Waals surface area contributed by atoms with Gasteiger partial charge in [-0.1, -0.05) is 34.1 Å². The molecular weight excluding hydrogens is 326 g/mol. The Morgan fingerprint density at radius 3 is 2.71 bits per heavy atom. The molecule has 0 bridgehead atoms. The summed E-state index contributed by atoms with van der Waals surface area (Å²) >= 11 is 3.55. The highest BCUT2D eigenvalue weighted by atomic mass is 79.9. The van der Waals surface area contributed by atoms with Gasteiger partial charge in [-0.15, -0.1) is 0 Å². The molecule has 0 aliphatic heterocycles. The molecule has 1 fully saturated rings. The van der Waals surface area contributed by atoms with Gasteiger partial charge in [0.1, 0.15) is 5.75 Å². The Kier molecular flexibility index (Phi) is 4.49. The first-order chi connectivity index (χ1) is 10.2. The van der Waals surface area contributed by atoms with Gasteiger partial charge in [-0.05, 0) is 55.5 Å². The summed E-state index contributed by atoms with van der Waals surface area (Å²) in [6, 6.07) is 17.4. The summed E-state index contributed by atoms with van der Waals surface area (Å²) in [5, 5.41) is 3.60. The fourth-order valence-electron chi connectivity index (χ4n) is 2.85. The fraction of sp³-hybridized carbons (Fsp3) is 0.333. The van der Waals surface area contributed by atoms with Crippen LogP contribution in [-0.4, -0.2) is 12.6 Å². The van der Waals surface area contributed by atoms with Crippen molar-refractivity contribution in [2.75, 3.05) is 11.9 Å². The van der Waals surface area contributed by atoms with Gasteiger partial charge in [0.25, 0.3) is 0 Å². The highest BCUT2D eigenvalue weighted by Gasteiger charge is 2.30. The molecule has 0 radical (unpaired) electrons. The molecule has 0 heterocycles. The van der Waals surface area contributed by atoms with Crippen molar-refractivity contribution in [3.63, 3.8) is 0 Å². The van der Waals surface area contributed by atoms with E-state index in [2.05, 4.69) is 57.6 Å². The SMILES string of the molecule is CCOc1cccc(NC2CC(c3cccc(Br)c3)C2)c1. The first-order valence-corrected chi connectivity index (χ1v) is 8.28. The Morgan fingerprint density at radius 2 is 1.95 bits per heavy atom. The zero-order chi connectivity index (χ0) is 14.7. The van der Waals surface area contributed by atoms with Gasteiger partial charge in [-0.25, -0.2) is 0 Å². The van der Waals surface area contributed by atoms with Gasteiger partial charge < -0.3 is 10.1 Å². The summed E-state index contributed by atoms with van der Waals surface area (Å²) < 4.78 is 6.71. The number of benzene rings is 2. The average Bonchev–Trinajstić information content (AvgIpc) is 2.43. The molecule has 0 aromatic heterocycles. The fourth-order valence-corrected chi connectivity index (χ4v) is 3.26. The Labute approximate surface area is 134 Å². The predicted octanol–water partition coefficient (Wildman–Crippen LogP) is 5.21. The minimum atomic E-state index is 0.561. The molecule has 0 amide bonds. The third-order valence-electron chi connectivity index (χ3n) is 3.97. The number of nitrogens with one attached hydrogen (secondary N) is 1. The second-order valence-corrected chi connectivity index (χ2v) is 6.44. The number of hydrogen-bond acceptors (Lipinski definition) is 2. The second-order valence-electron chi connectivity index (χ2n) is 5.53. The molecule has 1 saturated carbocycles. The molecule has 3 rings (SSSR count). The van der Waals surface area contributed by atoms with Crippen LogP contribution in [0.5, 0.6) is 5.75 Å². The van der Waals surface area contributed by atoms with Crippen molar-refractivity contribution in [2.45, 2.75) is 31.7 Å². The molecule has 21 heavy (non-hydrogen) atoms. The van der Waals surface area contributed by atoms with Crippen LogP contribution in [0.4, 0.5) is 5.69 Å². The summed E-state index contributed by atoms with van der Waals surface area (Å²) in [6.45, 7) is 2.71. The number of hydrogen-bond donors (Lipinski definition) is 1. The van der Waals surface area contributed by atoms with Crippen LogP contribution < -0.4 is 10.1 Å². The van der Waals surface area contributed by atoms with E-state index in [-0.39, 0.29) is 0 Å². The summed E-state index contributed by atoms with van der Waals surface area (Å²) in [4.78, 5) is 0. The van der Waals surface area contributed by atoms with Crippen LogP contribution in [0.25, 0.3) is 0 Å². The topological polar surface area (TPSA) is 21.3 Å². The van der Waals surface area contributed by atoms with Crippen molar-refractivity contribution in [3.8, 4) is 5.75 Å².